The van der Waals surface area contributed by atoms with E-state index >= 15 is 0 Å². The molecule has 9 heteroatoms. The fraction of sp³-hybridized carbons (Fsp3) is 0.250. The predicted octanol–water partition coefficient (Wildman–Crippen LogP) is 2.61. The molecule has 2 rings (SSSR count). The Balaban J connectivity index is 2.48. The minimum absolute atomic E-state index is 0.00639. The van der Waals surface area contributed by atoms with E-state index in [-0.39, 0.29) is 24.1 Å². The van der Waals surface area contributed by atoms with Crippen molar-refractivity contribution in [2.45, 2.75) is 18.9 Å². The molecular weight excluding hydrogens is 344 g/mol. The summed E-state index contributed by atoms with van der Waals surface area (Å²) in [6.45, 7) is 0. The quantitative estimate of drug-likeness (QED) is 0.388. The Hall–Kier alpha value is -2.38. The standard InChI is InChI=1S/C12H9BrN4O4/c13-6-1-2-8(15-16-14)7(5-6)11(19)17-9(12(20)21)3-4-10(17)18/h1-2,5,9H,3-4H2,(H,20,21). The van der Waals surface area contributed by atoms with Crippen LogP contribution in [0.2, 0.25) is 0 Å². The normalized spacial score (nSPS) is 17.5. The van der Waals surface area contributed by atoms with Gasteiger partial charge in [-0.05, 0) is 24.1 Å². The van der Waals surface area contributed by atoms with Gasteiger partial charge in [-0.25, -0.2) is 4.79 Å². The van der Waals surface area contributed by atoms with Gasteiger partial charge in [-0.2, -0.15) is 0 Å². The zero-order valence-electron chi connectivity index (χ0n) is 10.6. The maximum absolute atomic E-state index is 12.5. The van der Waals surface area contributed by atoms with Crippen LogP contribution in [-0.4, -0.2) is 33.8 Å². The fourth-order valence-corrected chi connectivity index (χ4v) is 2.48. The number of carbonyl (C=O) groups is 3. The number of hydrogen-bond donors (Lipinski definition) is 1. The van der Waals surface area contributed by atoms with Gasteiger partial charge < -0.3 is 5.11 Å². The first-order valence-corrected chi connectivity index (χ1v) is 6.69. The van der Waals surface area contributed by atoms with Crippen molar-refractivity contribution in [3.05, 3.63) is 38.7 Å². The molecule has 1 aliphatic rings. The fourth-order valence-electron chi connectivity index (χ4n) is 2.12. The van der Waals surface area contributed by atoms with E-state index in [2.05, 4.69) is 26.0 Å². The summed E-state index contributed by atoms with van der Waals surface area (Å²) in [7, 11) is 0. The molecule has 2 amide bonds. The molecule has 1 N–H and O–H groups in total. The highest BCUT2D eigenvalue weighted by Gasteiger charge is 2.41. The van der Waals surface area contributed by atoms with Crippen LogP contribution in [0.25, 0.3) is 10.4 Å². The van der Waals surface area contributed by atoms with Gasteiger partial charge in [0.25, 0.3) is 5.91 Å². The molecule has 0 radical (unpaired) electrons. The van der Waals surface area contributed by atoms with Gasteiger partial charge in [0.05, 0.1) is 11.3 Å². The van der Waals surface area contributed by atoms with E-state index in [1.54, 1.807) is 6.07 Å². The van der Waals surface area contributed by atoms with Gasteiger partial charge in [0.15, 0.2) is 0 Å². The van der Waals surface area contributed by atoms with E-state index in [9.17, 15) is 14.4 Å². The zero-order chi connectivity index (χ0) is 15.6. The number of carbonyl (C=O) groups excluding carboxylic acids is 2. The number of azide groups is 1. The number of carboxylic acids is 1. The summed E-state index contributed by atoms with van der Waals surface area (Å²) in [6.07, 6.45) is 0.0678. The minimum Gasteiger partial charge on any atom is -0.480 e. The maximum Gasteiger partial charge on any atom is 0.326 e. The van der Waals surface area contributed by atoms with Crippen molar-refractivity contribution in [1.29, 1.82) is 0 Å². The van der Waals surface area contributed by atoms with Crippen molar-refractivity contribution >= 4 is 39.4 Å². The third kappa shape index (κ3) is 2.88. The monoisotopic (exact) mass is 352 g/mol. The molecule has 0 bridgehead atoms. The van der Waals surface area contributed by atoms with Crippen LogP contribution in [0.15, 0.2) is 27.8 Å². The predicted molar refractivity (Wildman–Crippen MR) is 74.8 cm³/mol. The Morgan fingerprint density at radius 2 is 2.19 bits per heavy atom. The molecule has 1 fully saturated rings. The highest BCUT2D eigenvalue weighted by molar-refractivity contribution is 9.10. The summed E-state index contributed by atoms with van der Waals surface area (Å²) >= 11 is 3.18. The maximum atomic E-state index is 12.5. The third-order valence-electron chi connectivity index (χ3n) is 3.06. The molecule has 1 aliphatic heterocycles. The molecule has 1 heterocycles. The van der Waals surface area contributed by atoms with E-state index in [0.29, 0.717) is 9.37 Å². The average Bonchev–Trinajstić information content (AvgIpc) is 2.82. The Kier molecular flexibility index (Phi) is 4.25. The van der Waals surface area contributed by atoms with Gasteiger partial charge in [0.2, 0.25) is 5.91 Å². The van der Waals surface area contributed by atoms with Crippen LogP contribution in [0.3, 0.4) is 0 Å². The lowest BCUT2D eigenvalue weighted by atomic mass is 10.1. The van der Waals surface area contributed by atoms with E-state index in [0.717, 1.165) is 0 Å². The van der Waals surface area contributed by atoms with Gasteiger partial charge in [-0.15, -0.1) is 0 Å². The number of hydrogen-bond acceptors (Lipinski definition) is 4. The Labute approximate surface area is 127 Å². The molecule has 21 heavy (non-hydrogen) atoms. The Bertz CT molecular complexity index is 684. The number of rotatable bonds is 3. The smallest absolute Gasteiger partial charge is 0.326 e. The molecule has 108 valence electrons. The van der Waals surface area contributed by atoms with Crippen LogP contribution in [0.1, 0.15) is 23.2 Å². The van der Waals surface area contributed by atoms with E-state index in [1.165, 1.54) is 12.1 Å². The van der Waals surface area contributed by atoms with Crippen LogP contribution >= 0.6 is 15.9 Å². The summed E-state index contributed by atoms with van der Waals surface area (Å²) in [5, 5.41) is 12.5. The second-order valence-corrected chi connectivity index (χ2v) is 5.23. The lowest BCUT2D eigenvalue weighted by Crippen LogP contribution is -2.42. The number of halogens is 1. The zero-order valence-corrected chi connectivity index (χ0v) is 12.1. The number of amides is 2. The molecule has 8 nitrogen and oxygen atoms in total. The van der Waals surface area contributed by atoms with Crippen molar-refractivity contribution in [3.63, 3.8) is 0 Å². The summed E-state index contributed by atoms with van der Waals surface area (Å²) in [6, 6.07) is 3.17. The lowest BCUT2D eigenvalue weighted by molar-refractivity contribution is -0.144. The summed E-state index contributed by atoms with van der Waals surface area (Å²) < 4.78 is 0.543. The van der Waals surface area contributed by atoms with Gasteiger partial charge in [-0.1, -0.05) is 27.1 Å². The second-order valence-electron chi connectivity index (χ2n) is 4.31. The molecule has 0 saturated carbocycles. The summed E-state index contributed by atoms with van der Waals surface area (Å²) in [5.41, 5.74) is 8.53. The van der Waals surface area contributed by atoms with Gasteiger partial charge in [-0.3, -0.25) is 14.5 Å². The number of carboxylic acid groups (broad SMARTS) is 1. The molecule has 0 aliphatic carbocycles. The van der Waals surface area contributed by atoms with Crippen LogP contribution in [0, 0.1) is 0 Å². The minimum atomic E-state index is -1.24. The summed E-state index contributed by atoms with van der Waals surface area (Å²) in [4.78, 5) is 38.7. The number of nitrogens with zero attached hydrogens (tertiary/aromatic N) is 4. The highest BCUT2D eigenvalue weighted by Crippen LogP contribution is 2.29. The highest BCUT2D eigenvalue weighted by atomic mass is 79.9. The molecule has 0 aromatic heterocycles. The molecule has 1 saturated heterocycles. The number of likely N-dealkylation sites (tertiary alicyclic amines) is 1. The average molecular weight is 353 g/mol. The van der Waals surface area contributed by atoms with Crippen LogP contribution in [0.4, 0.5) is 5.69 Å². The number of benzene rings is 1. The Morgan fingerprint density at radius 3 is 2.81 bits per heavy atom. The van der Waals surface area contributed by atoms with Crippen molar-refractivity contribution in [2.24, 2.45) is 5.11 Å². The number of imide groups is 1. The summed E-state index contributed by atoms with van der Waals surface area (Å²) in [5.74, 6) is -2.58. The second kappa shape index (κ2) is 5.94. The first-order chi connectivity index (χ1) is 9.95. The van der Waals surface area contributed by atoms with Crippen LogP contribution in [0.5, 0.6) is 0 Å². The van der Waals surface area contributed by atoms with Crippen molar-refractivity contribution < 1.29 is 19.5 Å². The first kappa shape index (κ1) is 15.0. The van der Waals surface area contributed by atoms with Crippen LogP contribution < -0.4 is 0 Å². The molecule has 1 unspecified atom stereocenters. The van der Waals surface area contributed by atoms with Crippen molar-refractivity contribution in [1.82, 2.24) is 4.90 Å². The van der Waals surface area contributed by atoms with Crippen molar-refractivity contribution in [2.75, 3.05) is 0 Å². The van der Waals surface area contributed by atoms with Gasteiger partial charge >= 0.3 is 5.97 Å². The Morgan fingerprint density at radius 1 is 1.48 bits per heavy atom. The topological polar surface area (TPSA) is 123 Å². The lowest BCUT2D eigenvalue weighted by Gasteiger charge is -2.20. The molecule has 1 aromatic rings. The van der Waals surface area contributed by atoms with E-state index in [1.807, 2.05) is 0 Å². The van der Waals surface area contributed by atoms with Gasteiger partial charge in [0.1, 0.15) is 6.04 Å². The molecule has 1 aromatic carbocycles. The van der Waals surface area contributed by atoms with Crippen LogP contribution in [-0.2, 0) is 9.59 Å². The first-order valence-electron chi connectivity index (χ1n) is 5.89. The van der Waals surface area contributed by atoms with Crippen molar-refractivity contribution in [3.8, 4) is 0 Å². The van der Waals surface area contributed by atoms with Gasteiger partial charge in [0, 0.05) is 15.8 Å². The molecular formula is C12H9BrN4O4. The SMILES string of the molecule is [N-]=[N+]=Nc1ccc(Br)cc1C(=O)N1C(=O)CCC1C(=O)O. The molecule has 0 spiro atoms. The van der Waals surface area contributed by atoms with E-state index in [4.69, 9.17) is 10.6 Å². The van der Waals surface area contributed by atoms with E-state index < -0.39 is 23.8 Å². The molecule has 1 atom stereocenters. The largest absolute Gasteiger partial charge is 0.480 e. The number of aliphatic carboxylic acids is 1. The third-order valence-corrected chi connectivity index (χ3v) is 3.55.